The van der Waals surface area contributed by atoms with Crippen LogP contribution in [0.3, 0.4) is 0 Å². The molecule has 1 aromatic carbocycles. The first kappa shape index (κ1) is 11.7. The predicted molar refractivity (Wildman–Crippen MR) is 64.6 cm³/mol. The molecule has 0 saturated carbocycles. The number of aromatic hydroxyl groups is 1. The minimum Gasteiger partial charge on any atom is -0.504 e. The van der Waals surface area contributed by atoms with Crippen LogP contribution in [-0.2, 0) is 4.74 Å². The number of rotatable bonds is 3. The van der Waals surface area contributed by atoms with E-state index in [-0.39, 0.29) is 5.75 Å². The van der Waals surface area contributed by atoms with Gasteiger partial charge >= 0.3 is 0 Å². The second kappa shape index (κ2) is 5.54. The normalized spacial score (nSPS) is 16.4. The van der Waals surface area contributed by atoms with E-state index in [4.69, 9.17) is 9.47 Å². The molecule has 0 aliphatic carbocycles. The van der Waals surface area contributed by atoms with Gasteiger partial charge < -0.3 is 14.6 Å². The van der Waals surface area contributed by atoms with Crippen molar-refractivity contribution in [3.63, 3.8) is 0 Å². The summed E-state index contributed by atoms with van der Waals surface area (Å²) < 4.78 is 10.2. The van der Waals surface area contributed by atoms with Crippen LogP contribution in [0.15, 0.2) is 23.3 Å². The zero-order chi connectivity index (χ0) is 12.1. The van der Waals surface area contributed by atoms with Gasteiger partial charge in [0.15, 0.2) is 11.5 Å². The predicted octanol–water partition coefficient (Wildman–Crippen LogP) is 1.07. The third-order valence-corrected chi connectivity index (χ3v) is 2.56. The molecule has 0 amide bonds. The molecule has 0 atom stereocenters. The molecule has 17 heavy (non-hydrogen) atoms. The summed E-state index contributed by atoms with van der Waals surface area (Å²) in [6, 6.07) is 5.20. The second-order valence-electron chi connectivity index (χ2n) is 3.74. The van der Waals surface area contributed by atoms with E-state index in [2.05, 4.69) is 5.10 Å². The van der Waals surface area contributed by atoms with Crippen molar-refractivity contribution in [3.05, 3.63) is 23.8 Å². The average molecular weight is 236 g/mol. The van der Waals surface area contributed by atoms with Gasteiger partial charge in [0.25, 0.3) is 0 Å². The Labute approximate surface area is 100 Å². The highest BCUT2D eigenvalue weighted by Gasteiger charge is 2.06. The van der Waals surface area contributed by atoms with Gasteiger partial charge in [0.2, 0.25) is 0 Å². The number of hydrogen-bond acceptors (Lipinski definition) is 5. The Morgan fingerprint density at radius 3 is 2.82 bits per heavy atom. The summed E-state index contributed by atoms with van der Waals surface area (Å²) in [5.74, 6) is 0.590. The molecule has 5 nitrogen and oxygen atoms in total. The van der Waals surface area contributed by atoms with Crippen LogP contribution >= 0.6 is 0 Å². The Morgan fingerprint density at radius 1 is 1.41 bits per heavy atom. The molecule has 0 aromatic heterocycles. The summed E-state index contributed by atoms with van der Waals surface area (Å²) in [5.41, 5.74) is 0.842. The molecule has 5 heteroatoms. The summed E-state index contributed by atoms with van der Waals surface area (Å²) in [6.45, 7) is 3.04. The molecule has 0 spiro atoms. The molecular weight excluding hydrogens is 220 g/mol. The smallest absolute Gasteiger partial charge is 0.160 e. The van der Waals surface area contributed by atoms with Gasteiger partial charge in [-0.25, -0.2) is 0 Å². The number of nitrogens with zero attached hydrogens (tertiary/aromatic N) is 2. The first-order valence-corrected chi connectivity index (χ1v) is 5.53. The van der Waals surface area contributed by atoms with E-state index in [9.17, 15) is 5.11 Å². The van der Waals surface area contributed by atoms with Crippen molar-refractivity contribution in [1.29, 1.82) is 0 Å². The number of morpholine rings is 1. The molecule has 1 N–H and O–H groups in total. The Kier molecular flexibility index (Phi) is 3.82. The Hall–Kier alpha value is -1.75. The maximum atomic E-state index is 9.61. The van der Waals surface area contributed by atoms with Gasteiger partial charge in [-0.3, -0.25) is 5.01 Å². The van der Waals surface area contributed by atoms with Crippen molar-refractivity contribution in [1.82, 2.24) is 5.01 Å². The zero-order valence-electron chi connectivity index (χ0n) is 9.80. The fourth-order valence-electron chi connectivity index (χ4n) is 1.60. The number of methoxy groups -OCH3 is 1. The minimum atomic E-state index is 0.124. The van der Waals surface area contributed by atoms with Crippen LogP contribution in [-0.4, -0.2) is 49.7 Å². The van der Waals surface area contributed by atoms with Gasteiger partial charge in [-0.2, -0.15) is 5.10 Å². The minimum absolute atomic E-state index is 0.124. The van der Waals surface area contributed by atoms with Crippen LogP contribution in [0.25, 0.3) is 0 Å². The Bertz CT molecular complexity index is 401. The maximum Gasteiger partial charge on any atom is 0.160 e. The number of hydrazone groups is 1. The maximum absolute atomic E-state index is 9.61. The molecule has 1 aromatic rings. The fraction of sp³-hybridized carbons (Fsp3) is 0.417. The molecule has 0 radical (unpaired) electrons. The van der Waals surface area contributed by atoms with Crippen LogP contribution in [0.2, 0.25) is 0 Å². The molecular formula is C12H16N2O3. The van der Waals surface area contributed by atoms with E-state index in [1.165, 1.54) is 7.11 Å². The number of benzene rings is 1. The molecule has 2 rings (SSSR count). The van der Waals surface area contributed by atoms with Crippen molar-refractivity contribution < 1.29 is 14.6 Å². The van der Waals surface area contributed by atoms with Gasteiger partial charge in [-0.1, -0.05) is 0 Å². The lowest BCUT2D eigenvalue weighted by atomic mass is 10.2. The van der Waals surface area contributed by atoms with E-state index in [0.29, 0.717) is 19.0 Å². The summed E-state index contributed by atoms with van der Waals surface area (Å²) in [7, 11) is 1.52. The van der Waals surface area contributed by atoms with Gasteiger partial charge in [0.1, 0.15) is 0 Å². The summed E-state index contributed by atoms with van der Waals surface area (Å²) in [5, 5.41) is 15.9. The highest BCUT2D eigenvalue weighted by Crippen LogP contribution is 2.25. The summed E-state index contributed by atoms with van der Waals surface area (Å²) in [6.07, 6.45) is 1.73. The lowest BCUT2D eigenvalue weighted by molar-refractivity contribution is 0.0397. The SMILES string of the molecule is COc1ccc(C=NN2CCOCC2)cc1O. The van der Waals surface area contributed by atoms with E-state index < -0.39 is 0 Å². The molecule has 92 valence electrons. The van der Waals surface area contributed by atoms with Gasteiger partial charge in [0.05, 0.1) is 39.6 Å². The average Bonchev–Trinajstić information content (AvgIpc) is 2.38. The highest BCUT2D eigenvalue weighted by molar-refractivity contribution is 5.80. The first-order chi connectivity index (χ1) is 8.29. The fourth-order valence-corrected chi connectivity index (χ4v) is 1.60. The van der Waals surface area contributed by atoms with Gasteiger partial charge in [0, 0.05) is 0 Å². The van der Waals surface area contributed by atoms with Crippen LogP contribution < -0.4 is 4.74 Å². The summed E-state index contributed by atoms with van der Waals surface area (Å²) >= 11 is 0. The van der Waals surface area contributed by atoms with Crippen LogP contribution in [0.1, 0.15) is 5.56 Å². The van der Waals surface area contributed by atoms with Crippen molar-refractivity contribution in [2.24, 2.45) is 5.10 Å². The lowest BCUT2D eigenvalue weighted by Crippen LogP contribution is -2.32. The molecule has 1 fully saturated rings. The van der Waals surface area contributed by atoms with Crippen molar-refractivity contribution in [2.75, 3.05) is 33.4 Å². The monoisotopic (exact) mass is 236 g/mol. The summed E-state index contributed by atoms with van der Waals surface area (Å²) in [4.78, 5) is 0. The van der Waals surface area contributed by atoms with Crippen molar-refractivity contribution >= 4 is 6.21 Å². The van der Waals surface area contributed by atoms with Crippen LogP contribution in [0, 0.1) is 0 Å². The number of hydrogen-bond donors (Lipinski definition) is 1. The van der Waals surface area contributed by atoms with E-state index in [1.54, 1.807) is 18.3 Å². The number of ether oxygens (including phenoxy) is 2. The van der Waals surface area contributed by atoms with E-state index >= 15 is 0 Å². The molecule has 1 aliphatic heterocycles. The number of phenols is 1. The van der Waals surface area contributed by atoms with Gasteiger partial charge in [-0.05, 0) is 23.8 Å². The third-order valence-electron chi connectivity index (χ3n) is 2.56. The van der Waals surface area contributed by atoms with Crippen LogP contribution in [0.4, 0.5) is 0 Å². The third kappa shape index (κ3) is 3.10. The molecule has 0 bridgehead atoms. The second-order valence-corrected chi connectivity index (χ2v) is 3.74. The van der Waals surface area contributed by atoms with Crippen molar-refractivity contribution in [3.8, 4) is 11.5 Å². The molecule has 0 unspecified atom stereocenters. The molecule has 1 heterocycles. The first-order valence-electron chi connectivity index (χ1n) is 5.53. The van der Waals surface area contributed by atoms with E-state index in [0.717, 1.165) is 18.7 Å². The van der Waals surface area contributed by atoms with E-state index in [1.807, 2.05) is 11.1 Å². The topological polar surface area (TPSA) is 54.3 Å². The van der Waals surface area contributed by atoms with Crippen LogP contribution in [0.5, 0.6) is 11.5 Å². The number of phenolic OH excluding ortho intramolecular Hbond substituents is 1. The lowest BCUT2D eigenvalue weighted by Gasteiger charge is -2.23. The Balaban J connectivity index is 2.02. The van der Waals surface area contributed by atoms with Gasteiger partial charge in [-0.15, -0.1) is 0 Å². The standard InChI is InChI=1S/C12H16N2O3/c1-16-12-3-2-10(8-11(12)15)9-13-14-4-6-17-7-5-14/h2-3,8-9,15H,4-7H2,1H3. The molecule has 1 aliphatic rings. The molecule has 1 saturated heterocycles. The largest absolute Gasteiger partial charge is 0.504 e. The highest BCUT2D eigenvalue weighted by atomic mass is 16.5. The zero-order valence-corrected chi connectivity index (χ0v) is 9.80. The van der Waals surface area contributed by atoms with Crippen molar-refractivity contribution in [2.45, 2.75) is 0 Å². The quantitative estimate of drug-likeness (QED) is 0.797. The Morgan fingerprint density at radius 2 is 2.18 bits per heavy atom.